The molecule has 0 aromatic heterocycles. The van der Waals surface area contributed by atoms with Crippen molar-refractivity contribution in [3.05, 3.63) is 62.7 Å². The minimum Gasteiger partial charge on any atom is -0.495 e. The molecule has 4 rings (SSSR count). The number of fused-ring (bicyclic) bond motifs is 1. The van der Waals surface area contributed by atoms with Crippen LogP contribution in [0, 0.1) is 18.3 Å². The first-order chi connectivity index (χ1) is 15.5. The van der Waals surface area contributed by atoms with E-state index in [1.54, 1.807) is 13.2 Å². The molecule has 0 unspecified atom stereocenters. The van der Waals surface area contributed by atoms with Crippen molar-refractivity contribution in [3.8, 4) is 11.8 Å². The second-order valence-corrected chi connectivity index (χ2v) is 8.80. The molecular formula is C25H28ClN3O3. The molecule has 32 heavy (non-hydrogen) atoms. The number of cyclic esters (lactones) is 1. The summed E-state index contributed by atoms with van der Waals surface area (Å²) in [6.07, 6.45) is 1.81. The number of carbonyl (C=O) groups excluding carboxylic acids is 1. The van der Waals surface area contributed by atoms with Crippen LogP contribution in [-0.4, -0.2) is 62.1 Å². The fraction of sp³-hybridized carbons (Fsp3) is 0.440. The van der Waals surface area contributed by atoms with Gasteiger partial charge in [-0.3, -0.25) is 0 Å². The van der Waals surface area contributed by atoms with Crippen LogP contribution >= 0.6 is 11.6 Å². The minimum absolute atomic E-state index is 0.202. The maximum Gasteiger partial charge on any atom is 0.338 e. The van der Waals surface area contributed by atoms with E-state index in [4.69, 9.17) is 21.1 Å². The molecule has 0 spiro atoms. The molecule has 1 saturated heterocycles. The second-order valence-electron chi connectivity index (χ2n) is 8.39. The first-order valence-electron chi connectivity index (χ1n) is 11.0. The summed E-state index contributed by atoms with van der Waals surface area (Å²) in [5, 5.41) is 9.81. The Bertz CT molecular complexity index is 1060. The normalized spacial score (nSPS) is 16.5. The van der Waals surface area contributed by atoms with Crippen molar-refractivity contribution < 1.29 is 14.3 Å². The average molecular weight is 454 g/mol. The molecule has 2 heterocycles. The van der Waals surface area contributed by atoms with Crippen LogP contribution in [0.25, 0.3) is 0 Å². The van der Waals surface area contributed by atoms with Gasteiger partial charge in [0, 0.05) is 49.9 Å². The quantitative estimate of drug-likeness (QED) is 0.597. The van der Waals surface area contributed by atoms with E-state index >= 15 is 0 Å². The predicted molar refractivity (Wildman–Crippen MR) is 123 cm³/mol. The van der Waals surface area contributed by atoms with Crippen LogP contribution in [0.1, 0.15) is 38.2 Å². The summed E-state index contributed by atoms with van der Waals surface area (Å²) in [7, 11) is 1.57. The average Bonchev–Trinajstić information content (AvgIpc) is 3.19. The molecule has 168 valence electrons. The molecule has 2 aliphatic rings. The van der Waals surface area contributed by atoms with Crippen LogP contribution < -0.4 is 4.74 Å². The second kappa shape index (κ2) is 9.91. The zero-order valence-electron chi connectivity index (χ0n) is 18.6. The Kier molecular flexibility index (Phi) is 7.00. The highest BCUT2D eigenvalue weighted by molar-refractivity contribution is 6.31. The Labute approximate surface area is 194 Å². The maximum atomic E-state index is 11.7. The molecular weight excluding hydrogens is 426 g/mol. The maximum absolute atomic E-state index is 11.7. The van der Waals surface area contributed by atoms with Gasteiger partial charge in [0.1, 0.15) is 18.4 Å². The number of esters is 1. The third kappa shape index (κ3) is 4.75. The number of piperazine rings is 1. The summed E-state index contributed by atoms with van der Waals surface area (Å²) in [5.41, 5.74) is 5.75. The summed E-state index contributed by atoms with van der Waals surface area (Å²) in [4.78, 5) is 16.7. The van der Waals surface area contributed by atoms with Crippen LogP contribution in [0.2, 0.25) is 5.02 Å². The van der Waals surface area contributed by atoms with E-state index in [9.17, 15) is 10.1 Å². The van der Waals surface area contributed by atoms with Crippen LogP contribution in [-0.2, 0) is 24.2 Å². The molecule has 0 bridgehead atoms. The van der Waals surface area contributed by atoms with Gasteiger partial charge in [0.2, 0.25) is 0 Å². The third-order valence-electron chi connectivity index (χ3n) is 6.63. The number of hydrogen-bond acceptors (Lipinski definition) is 6. The monoisotopic (exact) mass is 453 g/mol. The summed E-state index contributed by atoms with van der Waals surface area (Å²) in [6.45, 7) is 8.57. The van der Waals surface area contributed by atoms with E-state index in [0.717, 1.165) is 68.8 Å². The molecule has 0 aliphatic carbocycles. The van der Waals surface area contributed by atoms with Gasteiger partial charge < -0.3 is 19.3 Å². The highest BCUT2D eigenvalue weighted by Gasteiger charge is 2.24. The van der Waals surface area contributed by atoms with Crippen molar-refractivity contribution in [2.75, 3.05) is 46.4 Å². The fourth-order valence-electron chi connectivity index (χ4n) is 4.51. The third-order valence-corrected chi connectivity index (χ3v) is 6.98. The summed E-state index contributed by atoms with van der Waals surface area (Å²) < 4.78 is 10.5. The van der Waals surface area contributed by atoms with Gasteiger partial charge in [0.25, 0.3) is 0 Å². The minimum atomic E-state index is -0.202. The fourth-order valence-corrected chi connectivity index (χ4v) is 4.76. The molecule has 0 amide bonds. The Hall–Kier alpha value is -2.59. The lowest BCUT2D eigenvalue weighted by Gasteiger charge is -2.35. The van der Waals surface area contributed by atoms with Crippen LogP contribution in [0.15, 0.2) is 24.3 Å². The number of carbonyl (C=O) groups is 1. The van der Waals surface area contributed by atoms with Crippen molar-refractivity contribution in [1.82, 2.24) is 9.80 Å². The van der Waals surface area contributed by atoms with Gasteiger partial charge in [-0.05, 0) is 54.7 Å². The van der Waals surface area contributed by atoms with Crippen molar-refractivity contribution in [2.45, 2.75) is 26.4 Å². The molecule has 2 aromatic carbocycles. The van der Waals surface area contributed by atoms with Gasteiger partial charge in [-0.15, -0.1) is 0 Å². The van der Waals surface area contributed by atoms with Crippen molar-refractivity contribution in [3.63, 3.8) is 0 Å². The summed E-state index contributed by atoms with van der Waals surface area (Å²) in [5.74, 6) is 0.376. The van der Waals surface area contributed by atoms with E-state index in [1.165, 1.54) is 11.1 Å². The molecule has 7 heteroatoms. The zero-order chi connectivity index (χ0) is 22.7. The first kappa shape index (κ1) is 22.6. The standard InChI is InChI=1S/C25H28ClN3O3/c1-17-18(3-4-21-22(17)16-32-25(21)30)5-7-28-9-11-29(12-10-28)8-6-19-14-24(31-2)20(15-27)13-23(19)26/h3-4,13-14H,5-12,16H2,1-2H3. The molecule has 0 atom stereocenters. The number of methoxy groups -OCH3 is 1. The molecule has 6 nitrogen and oxygen atoms in total. The van der Waals surface area contributed by atoms with Crippen molar-refractivity contribution in [2.24, 2.45) is 0 Å². The Morgan fingerprint density at radius 1 is 1.09 bits per heavy atom. The van der Waals surface area contributed by atoms with Crippen molar-refractivity contribution in [1.29, 1.82) is 5.26 Å². The van der Waals surface area contributed by atoms with Crippen LogP contribution in [0.5, 0.6) is 5.75 Å². The number of nitrogens with zero attached hydrogens (tertiary/aromatic N) is 3. The lowest BCUT2D eigenvalue weighted by Crippen LogP contribution is -2.47. The molecule has 2 aromatic rings. The number of hydrogen-bond donors (Lipinski definition) is 0. The number of benzene rings is 2. The summed E-state index contributed by atoms with van der Waals surface area (Å²) in [6, 6.07) is 9.68. The molecule has 2 aliphatic heterocycles. The summed E-state index contributed by atoms with van der Waals surface area (Å²) >= 11 is 6.37. The van der Waals surface area contributed by atoms with E-state index in [-0.39, 0.29) is 5.97 Å². The Morgan fingerprint density at radius 3 is 2.38 bits per heavy atom. The topological polar surface area (TPSA) is 65.8 Å². The van der Waals surface area contributed by atoms with E-state index < -0.39 is 0 Å². The molecule has 0 saturated carbocycles. The predicted octanol–water partition coefficient (Wildman–Crippen LogP) is 3.60. The largest absolute Gasteiger partial charge is 0.495 e. The zero-order valence-corrected chi connectivity index (χ0v) is 19.4. The van der Waals surface area contributed by atoms with E-state index in [0.29, 0.717) is 22.9 Å². The number of nitriles is 1. The first-order valence-corrected chi connectivity index (χ1v) is 11.4. The van der Waals surface area contributed by atoms with Crippen LogP contribution in [0.4, 0.5) is 0 Å². The number of ether oxygens (including phenoxy) is 2. The molecule has 0 radical (unpaired) electrons. The van der Waals surface area contributed by atoms with E-state index in [2.05, 4.69) is 28.9 Å². The lowest BCUT2D eigenvalue weighted by molar-refractivity contribution is 0.0535. The molecule has 0 N–H and O–H groups in total. The van der Waals surface area contributed by atoms with Crippen LogP contribution in [0.3, 0.4) is 0 Å². The van der Waals surface area contributed by atoms with Gasteiger partial charge in [-0.1, -0.05) is 17.7 Å². The number of rotatable bonds is 7. The van der Waals surface area contributed by atoms with Gasteiger partial charge in [0.05, 0.1) is 18.2 Å². The van der Waals surface area contributed by atoms with Gasteiger partial charge >= 0.3 is 5.97 Å². The van der Waals surface area contributed by atoms with Gasteiger partial charge in [-0.2, -0.15) is 5.26 Å². The smallest absolute Gasteiger partial charge is 0.338 e. The highest BCUT2D eigenvalue weighted by atomic mass is 35.5. The molecule has 1 fully saturated rings. The SMILES string of the molecule is COc1cc(CCN2CCN(CCc3ccc4c(c3C)COC4=O)CC2)c(Cl)cc1C#N. The highest BCUT2D eigenvalue weighted by Crippen LogP contribution is 2.28. The van der Waals surface area contributed by atoms with Gasteiger partial charge in [0.15, 0.2) is 0 Å². The van der Waals surface area contributed by atoms with E-state index in [1.807, 2.05) is 12.1 Å². The Morgan fingerprint density at radius 2 is 1.75 bits per heavy atom. The Balaban J connectivity index is 1.26. The van der Waals surface area contributed by atoms with Crippen molar-refractivity contribution >= 4 is 17.6 Å². The van der Waals surface area contributed by atoms with Gasteiger partial charge in [-0.25, -0.2) is 4.79 Å². The number of halogens is 1. The lowest BCUT2D eigenvalue weighted by atomic mass is 9.96.